The first kappa shape index (κ1) is 18.5. The first-order valence-electron chi connectivity index (χ1n) is 8.24. The van der Waals surface area contributed by atoms with Crippen LogP contribution in [-0.4, -0.2) is 72.4 Å². The summed E-state index contributed by atoms with van der Waals surface area (Å²) in [5.74, 6) is 0.968. The molecule has 1 atom stereocenters. The molecule has 0 radical (unpaired) electrons. The second kappa shape index (κ2) is 8.30. The average Bonchev–Trinajstić information content (AvgIpc) is 3.02. The van der Waals surface area contributed by atoms with E-state index in [9.17, 15) is 8.42 Å². The summed E-state index contributed by atoms with van der Waals surface area (Å²) in [6.07, 6.45) is 5.35. The quantitative estimate of drug-likeness (QED) is 0.351. The molecule has 1 unspecified atom stereocenters. The highest BCUT2D eigenvalue weighted by Crippen LogP contribution is 2.45. The molecule has 2 rings (SSSR count). The number of hydrogen-bond donors (Lipinski definition) is 2. The van der Waals surface area contributed by atoms with Crippen molar-refractivity contribution in [3.8, 4) is 0 Å². The molecule has 7 nitrogen and oxygen atoms in total. The highest BCUT2D eigenvalue weighted by Gasteiger charge is 2.45. The lowest BCUT2D eigenvalue weighted by Crippen LogP contribution is -2.42. The van der Waals surface area contributed by atoms with Gasteiger partial charge in [-0.2, -0.15) is 0 Å². The summed E-state index contributed by atoms with van der Waals surface area (Å²) < 4.78 is 33.9. The van der Waals surface area contributed by atoms with Crippen molar-refractivity contribution in [2.24, 2.45) is 10.4 Å². The first-order valence-corrected chi connectivity index (χ1v) is 10.3. The van der Waals surface area contributed by atoms with E-state index in [1.807, 2.05) is 0 Å². The molecule has 8 heteroatoms. The van der Waals surface area contributed by atoms with Crippen molar-refractivity contribution in [3.63, 3.8) is 0 Å². The number of ether oxygens (including phenoxy) is 2. The Hall–Kier alpha value is -0.860. The van der Waals surface area contributed by atoms with Crippen LogP contribution in [0.3, 0.4) is 0 Å². The van der Waals surface area contributed by atoms with Crippen molar-refractivity contribution < 1.29 is 17.9 Å². The van der Waals surface area contributed by atoms with Gasteiger partial charge in [0.05, 0.1) is 18.5 Å². The number of nitrogens with one attached hydrogen (secondary N) is 2. The van der Waals surface area contributed by atoms with Crippen LogP contribution in [0.2, 0.25) is 0 Å². The first-order chi connectivity index (χ1) is 10.9. The molecule has 0 bridgehead atoms. The Morgan fingerprint density at radius 3 is 2.74 bits per heavy atom. The van der Waals surface area contributed by atoms with Crippen LogP contribution in [0.5, 0.6) is 0 Å². The maximum atomic E-state index is 11.5. The number of sulfone groups is 1. The summed E-state index contributed by atoms with van der Waals surface area (Å²) in [6, 6.07) is 0. The molecule has 0 aromatic heterocycles. The molecule has 2 fully saturated rings. The van der Waals surface area contributed by atoms with Gasteiger partial charge in [0.1, 0.15) is 9.84 Å². The van der Waals surface area contributed by atoms with Crippen LogP contribution in [0.1, 0.15) is 25.7 Å². The van der Waals surface area contributed by atoms with E-state index in [1.54, 1.807) is 7.05 Å². The van der Waals surface area contributed by atoms with Gasteiger partial charge in [-0.25, -0.2) is 8.42 Å². The zero-order chi connectivity index (χ0) is 16.8. The van der Waals surface area contributed by atoms with E-state index in [1.165, 1.54) is 6.26 Å². The predicted octanol–water partition coefficient (Wildman–Crippen LogP) is 0.172. The molecule has 0 aromatic carbocycles. The number of hydrogen-bond acceptors (Lipinski definition) is 5. The van der Waals surface area contributed by atoms with Crippen LogP contribution in [0.15, 0.2) is 4.99 Å². The van der Waals surface area contributed by atoms with Gasteiger partial charge in [0.15, 0.2) is 5.96 Å². The van der Waals surface area contributed by atoms with Crippen molar-refractivity contribution in [1.29, 1.82) is 0 Å². The Balaban J connectivity index is 1.58. The van der Waals surface area contributed by atoms with E-state index in [0.717, 1.165) is 38.8 Å². The normalized spacial score (nSPS) is 23.7. The second-order valence-electron chi connectivity index (χ2n) is 6.63. The van der Waals surface area contributed by atoms with Gasteiger partial charge in [0.25, 0.3) is 0 Å². The minimum Gasteiger partial charge on any atom is -0.379 e. The van der Waals surface area contributed by atoms with Crippen molar-refractivity contribution in [2.75, 3.05) is 52.0 Å². The summed E-state index contributed by atoms with van der Waals surface area (Å²) in [6.45, 7) is 3.63. The average molecular weight is 347 g/mol. The van der Waals surface area contributed by atoms with Crippen molar-refractivity contribution >= 4 is 15.8 Å². The zero-order valence-electron chi connectivity index (χ0n) is 14.1. The van der Waals surface area contributed by atoms with Gasteiger partial charge in [-0.3, -0.25) is 4.99 Å². The van der Waals surface area contributed by atoms with Gasteiger partial charge in [-0.1, -0.05) is 0 Å². The van der Waals surface area contributed by atoms with Gasteiger partial charge in [-0.15, -0.1) is 0 Å². The standard InChI is InChI=1S/C15H29N3O4S/c1-16-14(17-7-3-8-22-13-4-9-21-10-13)18-11-15(5-6-15)12-23(2,19)20/h13H,3-12H2,1-2H3,(H2,16,17,18). The van der Waals surface area contributed by atoms with Crippen LogP contribution in [0.25, 0.3) is 0 Å². The minimum atomic E-state index is -2.93. The smallest absolute Gasteiger partial charge is 0.190 e. The fraction of sp³-hybridized carbons (Fsp3) is 0.933. The van der Waals surface area contributed by atoms with E-state index >= 15 is 0 Å². The summed E-state index contributed by atoms with van der Waals surface area (Å²) >= 11 is 0. The molecule has 1 aliphatic carbocycles. The predicted molar refractivity (Wildman–Crippen MR) is 90.5 cm³/mol. The highest BCUT2D eigenvalue weighted by molar-refractivity contribution is 7.90. The molecule has 1 heterocycles. The molecular formula is C15H29N3O4S. The van der Waals surface area contributed by atoms with E-state index in [4.69, 9.17) is 9.47 Å². The largest absolute Gasteiger partial charge is 0.379 e. The number of nitrogens with zero attached hydrogens (tertiary/aromatic N) is 1. The van der Waals surface area contributed by atoms with Crippen molar-refractivity contribution in [1.82, 2.24) is 10.6 Å². The Morgan fingerprint density at radius 1 is 1.39 bits per heavy atom. The van der Waals surface area contributed by atoms with E-state index < -0.39 is 9.84 Å². The molecule has 23 heavy (non-hydrogen) atoms. The SMILES string of the molecule is CN=C(NCCCOC1CCOC1)NCC1(CS(C)(=O)=O)CC1. The molecule has 2 aliphatic rings. The lowest BCUT2D eigenvalue weighted by Gasteiger charge is -2.18. The molecule has 1 saturated heterocycles. The van der Waals surface area contributed by atoms with Crippen molar-refractivity contribution in [3.05, 3.63) is 0 Å². The fourth-order valence-corrected chi connectivity index (χ4v) is 4.27. The van der Waals surface area contributed by atoms with E-state index in [-0.39, 0.29) is 17.3 Å². The molecule has 0 spiro atoms. The van der Waals surface area contributed by atoms with Gasteiger partial charge in [0.2, 0.25) is 0 Å². The number of aliphatic imine (C=N–C) groups is 1. The molecule has 2 N–H and O–H groups in total. The van der Waals surface area contributed by atoms with Crippen LogP contribution in [0.4, 0.5) is 0 Å². The Bertz CT molecular complexity index is 497. The summed E-state index contributed by atoms with van der Waals surface area (Å²) in [5, 5.41) is 6.48. The summed E-state index contributed by atoms with van der Waals surface area (Å²) in [5.41, 5.74) is -0.100. The third-order valence-electron chi connectivity index (χ3n) is 4.23. The zero-order valence-corrected chi connectivity index (χ0v) is 15.0. The summed E-state index contributed by atoms with van der Waals surface area (Å²) in [4.78, 5) is 4.17. The van der Waals surface area contributed by atoms with Crippen LogP contribution >= 0.6 is 0 Å². The molecule has 134 valence electrons. The van der Waals surface area contributed by atoms with Gasteiger partial charge >= 0.3 is 0 Å². The monoisotopic (exact) mass is 347 g/mol. The summed E-state index contributed by atoms with van der Waals surface area (Å²) in [7, 11) is -1.21. The Labute approximate surface area is 139 Å². The molecule has 0 amide bonds. The van der Waals surface area contributed by atoms with Crippen LogP contribution in [-0.2, 0) is 19.3 Å². The lowest BCUT2D eigenvalue weighted by atomic mass is 10.1. The maximum Gasteiger partial charge on any atom is 0.190 e. The topological polar surface area (TPSA) is 89.0 Å². The van der Waals surface area contributed by atoms with Gasteiger partial charge < -0.3 is 20.1 Å². The molecule has 1 aliphatic heterocycles. The van der Waals surface area contributed by atoms with E-state index in [2.05, 4.69) is 15.6 Å². The van der Waals surface area contributed by atoms with E-state index in [0.29, 0.717) is 25.7 Å². The molecular weight excluding hydrogens is 318 g/mol. The Kier molecular flexibility index (Phi) is 6.67. The minimum absolute atomic E-state index is 0.100. The van der Waals surface area contributed by atoms with Crippen LogP contribution < -0.4 is 10.6 Å². The number of rotatable bonds is 9. The van der Waals surface area contributed by atoms with Gasteiger partial charge in [0, 0.05) is 45.0 Å². The Morgan fingerprint density at radius 2 is 2.17 bits per heavy atom. The van der Waals surface area contributed by atoms with Crippen molar-refractivity contribution in [2.45, 2.75) is 31.8 Å². The molecule has 0 aromatic rings. The van der Waals surface area contributed by atoms with Crippen LogP contribution in [0, 0.1) is 5.41 Å². The highest BCUT2D eigenvalue weighted by atomic mass is 32.2. The lowest BCUT2D eigenvalue weighted by molar-refractivity contribution is 0.0420. The number of guanidine groups is 1. The van der Waals surface area contributed by atoms with Gasteiger partial charge in [-0.05, 0) is 25.7 Å². The third-order valence-corrected chi connectivity index (χ3v) is 5.37. The fourth-order valence-electron chi connectivity index (χ4n) is 2.77. The molecule has 1 saturated carbocycles. The second-order valence-corrected chi connectivity index (χ2v) is 8.77. The third kappa shape index (κ3) is 7.05. The maximum absolute atomic E-state index is 11.5.